The second-order valence-electron chi connectivity index (χ2n) is 5.21. The first-order valence-corrected chi connectivity index (χ1v) is 7.99. The summed E-state index contributed by atoms with van der Waals surface area (Å²) < 4.78 is 0. The molecule has 1 atom stereocenters. The molecule has 0 radical (unpaired) electrons. The van der Waals surface area contributed by atoms with Gasteiger partial charge in [0.2, 0.25) is 5.91 Å². The molecule has 5 nitrogen and oxygen atoms in total. The Balaban J connectivity index is 0.00000161. The zero-order valence-electron chi connectivity index (χ0n) is 11.8. The topological polar surface area (TPSA) is 52.7 Å². The molecule has 7 heteroatoms. The van der Waals surface area contributed by atoms with Crippen molar-refractivity contribution in [3.8, 4) is 0 Å². The Morgan fingerprint density at radius 1 is 1.24 bits per heavy atom. The summed E-state index contributed by atoms with van der Waals surface area (Å²) in [6.07, 6.45) is 1.71. The van der Waals surface area contributed by atoms with Gasteiger partial charge in [-0.1, -0.05) is 6.07 Å². The minimum atomic E-state index is -0.261. The van der Waals surface area contributed by atoms with E-state index >= 15 is 0 Å². The Labute approximate surface area is 134 Å². The highest BCUT2D eigenvalue weighted by molar-refractivity contribution is 7.12. The zero-order chi connectivity index (χ0) is 13.9. The fraction of sp³-hybridized carbons (Fsp3) is 0.571. The SMILES string of the molecule is Cl.O=C(C1CCCN1C(=O)c1cccs1)N1CCNCC1. The maximum Gasteiger partial charge on any atom is 0.264 e. The van der Waals surface area contributed by atoms with Crippen LogP contribution in [-0.2, 0) is 4.79 Å². The number of nitrogens with zero attached hydrogens (tertiary/aromatic N) is 2. The summed E-state index contributed by atoms with van der Waals surface area (Å²) in [5.41, 5.74) is 0. The van der Waals surface area contributed by atoms with E-state index < -0.39 is 0 Å². The van der Waals surface area contributed by atoms with E-state index in [9.17, 15) is 9.59 Å². The summed E-state index contributed by atoms with van der Waals surface area (Å²) in [5, 5.41) is 5.14. The van der Waals surface area contributed by atoms with E-state index in [0.717, 1.165) is 43.9 Å². The van der Waals surface area contributed by atoms with Gasteiger partial charge < -0.3 is 15.1 Å². The molecule has 21 heavy (non-hydrogen) atoms. The quantitative estimate of drug-likeness (QED) is 0.887. The van der Waals surface area contributed by atoms with Crippen LogP contribution >= 0.6 is 23.7 Å². The van der Waals surface area contributed by atoms with Crippen LogP contribution < -0.4 is 5.32 Å². The summed E-state index contributed by atoms with van der Waals surface area (Å²) in [6.45, 7) is 3.88. The molecule has 2 aliphatic rings. The van der Waals surface area contributed by atoms with Gasteiger partial charge in [-0.15, -0.1) is 23.7 Å². The van der Waals surface area contributed by atoms with Crippen LogP contribution in [0.5, 0.6) is 0 Å². The van der Waals surface area contributed by atoms with Gasteiger partial charge in [0.1, 0.15) is 6.04 Å². The van der Waals surface area contributed by atoms with Crippen molar-refractivity contribution in [2.24, 2.45) is 0 Å². The number of nitrogens with one attached hydrogen (secondary N) is 1. The largest absolute Gasteiger partial charge is 0.338 e. The molecule has 0 spiro atoms. The minimum Gasteiger partial charge on any atom is -0.338 e. The molecule has 1 N–H and O–H groups in total. The number of hydrogen-bond donors (Lipinski definition) is 1. The lowest BCUT2D eigenvalue weighted by Gasteiger charge is -2.32. The molecule has 0 aromatic carbocycles. The highest BCUT2D eigenvalue weighted by Crippen LogP contribution is 2.23. The van der Waals surface area contributed by atoms with E-state index in [1.165, 1.54) is 11.3 Å². The number of likely N-dealkylation sites (tertiary alicyclic amines) is 1. The summed E-state index contributed by atoms with van der Waals surface area (Å²) >= 11 is 1.44. The number of amides is 2. The van der Waals surface area contributed by atoms with E-state index in [-0.39, 0.29) is 30.3 Å². The first kappa shape index (κ1) is 16.3. The molecule has 2 amide bonds. The third kappa shape index (κ3) is 3.39. The fourth-order valence-electron chi connectivity index (χ4n) is 2.90. The average molecular weight is 330 g/mol. The van der Waals surface area contributed by atoms with Crippen molar-refractivity contribution < 1.29 is 9.59 Å². The van der Waals surface area contributed by atoms with Gasteiger partial charge in [0, 0.05) is 32.7 Å². The molecule has 0 bridgehead atoms. The van der Waals surface area contributed by atoms with Gasteiger partial charge in [-0.25, -0.2) is 0 Å². The number of carbonyl (C=O) groups excluding carboxylic acids is 2. The number of rotatable bonds is 2. The third-order valence-electron chi connectivity index (χ3n) is 3.96. The lowest BCUT2D eigenvalue weighted by Crippen LogP contribution is -2.53. The highest BCUT2D eigenvalue weighted by atomic mass is 35.5. The second kappa shape index (κ2) is 7.24. The van der Waals surface area contributed by atoms with Crippen molar-refractivity contribution in [1.82, 2.24) is 15.1 Å². The Bertz CT molecular complexity index is 488. The molecule has 3 rings (SSSR count). The van der Waals surface area contributed by atoms with Gasteiger partial charge in [0.25, 0.3) is 5.91 Å². The lowest BCUT2D eigenvalue weighted by molar-refractivity contribution is -0.135. The predicted molar refractivity (Wildman–Crippen MR) is 85.1 cm³/mol. The lowest BCUT2D eigenvalue weighted by atomic mass is 10.1. The van der Waals surface area contributed by atoms with Crippen molar-refractivity contribution in [2.45, 2.75) is 18.9 Å². The Kier molecular flexibility index (Phi) is 5.61. The maximum absolute atomic E-state index is 12.6. The first-order chi connectivity index (χ1) is 9.77. The summed E-state index contributed by atoms with van der Waals surface area (Å²) in [4.78, 5) is 29.4. The van der Waals surface area contributed by atoms with E-state index in [4.69, 9.17) is 0 Å². The van der Waals surface area contributed by atoms with E-state index in [0.29, 0.717) is 6.54 Å². The molecule has 3 heterocycles. The van der Waals surface area contributed by atoms with E-state index in [2.05, 4.69) is 5.32 Å². The minimum absolute atomic E-state index is 0. The molecular weight excluding hydrogens is 310 g/mol. The number of thiophene rings is 1. The van der Waals surface area contributed by atoms with Gasteiger partial charge >= 0.3 is 0 Å². The van der Waals surface area contributed by atoms with Gasteiger partial charge in [-0.05, 0) is 24.3 Å². The summed E-state index contributed by atoms with van der Waals surface area (Å²) in [5.74, 6) is 0.125. The monoisotopic (exact) mass is 329 g/mol. The molecule has 2 fully saturated rings. The first-order valence-electron chi connectivity index (χ1n) is 7.11. The second-order valence-corrected chi connectivity index (χ2v) is 6.16. The van der Waals surface area contributed by atoms with E-state index in [1.54, 1.807) is 4.90 Å². The number of halogens is 1. The van der Waals surface area contributed by atoms with Crippen LogP contribution in [0.4, 0.5) is 0 Å². The van der Waals surface area contributed by atoms with Crippen LogP contribution in [0.3, 0.4) is 0 Å². The molecule has 1 aromatic heterocycles. The Morgan fingerprint density at radius 3 is 2.67 bits per heavy atom. The average Bonchev–Trinajstić information content (AvgIpc) is 3.18. The Morgan fingerprint density at radius 2 is 2.00 bits per heavy atom. The maximum atomic E-state index is 12.6. The number of hydrogen-bond acceptors (Lipinski definition) is 4. The molecule has 0 saturated carbocycles. The molecule has 1 aromatic rings. The molecule has 2 saturated heterocycles. The van der Waals surface area contributed by atoms with Crippen LogP contribution in [0.25, 0.3) is 0 Å². The molecule has 2 aliphatic heterocycles. The Hall–Kier alpha value is -1.11. The van der Waals surface area contributed by atoms with Crippen molar-refractivity contribution in [1.29, 1.82) is 0 Å². The standard InChI is InChI=1S/C14H19N3O2S.ClH/c18-13(16-8-5-15-6-9-16)11-3-1-7-17(11)14(19)12-4-2-10-20-12;/h2,4,10-11,15H,1,3,5-9H2;1H. The van der Waals surface area contributed by atoms with Gasteiger partial charge in [0.15, 0.2) is 0 Å². The molecular formula is C14H20ClN3O2S. The van der Waals surface area contributed by atoms with Crippen molar-refractivity contribution >= 4 is 35.6 Å². The smallest absolute Gasteiger partial charge is 0.264 e. The van der Waals surface area contributed by atoms with Gasteiger partial charge in [-0.2, -0.15) is 0 Å². The molecule has 116 valence electrons. The zero-order valence-corrected chi connectivity index (χ0v) is 13.4. The third-order valence-corrected chi connectivity index (χ3v) is 4.82. The van der Waals surface area contributed by atoms with Crippen molar-refractivity contribution in [2.75, 3.05) is 32.7 Å². The normalized spacial score (nSPS) is 22.0. The predicted octanol–water partition coefficient (Wildman–Crippen LogP) is 1.21. The molecule has 1 unspecified atom stereocenters. The van der Waals surface area contributed by atoms with Crippen LogP contribution in [0.1, 0.15) is 22.5 Å². The van der Waals surface area contributed by atoms with Crippen LogP contribution in [0, 0.1) is 0 Å². The highest BCUT2D eigenvalue weighted by Gasteiger charge is 2.37. The molecule has 0 aliphatic carbocycles. The van der Waals surface area contributed by atoms with E-state index in [1.807, 2.05) is 22.4 Å². The number of piperazine rings is 1. The summed E-state index contributed by atoms with van der Waals surface area (Å²) in [6, 6.07) is 3.45. The number of carbonyl (C=O) groups is 2. The van der Waals surface area contributed by atoms with Crippen LogP contribution in [-0.4, -0.2) is 60.4 Å². The fourth-order valence-corrected chi connectivity index (χ4v) is 3.58. The van der Waals surface area contributed by atoms with Crippen LogP contribution in [0.2, 0.25) is 0 Å². The van der Waals surface area contributed by atoms with Gasteiger partial charge in [0.05, 0.1) is 4.88 Å². The van der Waals surface area contributed by atoms with Crippen molar-refractivity contribution in [3.63, 3.8) is 0 Å². The van der Waals surface area contributed by atoms with Gasteiger partial charge in [-0.3, -0.25) is 9.59 Å². The van der Waals surface area contributed by atoms with Crippen LogP contribution in [0.15, 0.2) is 17.5 Å². The summed E-state index contributed by atoms with van der Waals surface area (Å²) in [7, 11) is 0. The van der Waals surface area contributed by atoms with Crippen molar-refractivity contribution in [3.05, 3.63) is 22.4 Å².